The van der Waals surface area contributed by atoms with E-state index in [4.69, 9.17) is 10.5 Å². The first-order chi connectivity index (χ1) is 10.1. The van der Waals surface area contributed by atoms with Crippen molar-refractivity contribution in [3.05, 3.63) is 36.5 Å². The van der Waals surface area contributed by atoms with Gasteiger partial charge in [-0.15, -0.1) is 0 Å². The fraction of sp³-hybridized carbons (Fsp3) is 0.333. The third kappa shape index (κ3) is 2.90. The van der Waals surface area contributed by atoms with Crippen molar-refractivity contribution in [2.45, 2.75) is 19.4 Å². The van der Waals surface area contributed by atoms with E-state index in [9.17, 15) is 4.79 Å². The Labute approximate surface area is 122 Å². The molecule has 0 spiro atoms. The molecule has 0 radical (unpaired) electrons. The summed E-state index contributed by atoms with van der Waals surface area (Å²) in [5.41, 5.74) is 7.22. The minimum absolute atomic E-state index is 0.0310. The predicted octanol–water partition coefficient (Wildman–Crippen LogP) is 1.82. The largest absolute Gasteiger partial charge is 0.399 e. The summed E-state index contributed by atoms with van der Waals surface area (Å²) in [6.45, 7) is 2.45. The molecule has 1 fully saturated rings. The second-order valence-corrected chi connectivity index (χ2v) is 5.29. The number of hydrogen-bond donors (Lipinski definition) is 2. The number of ether oxygens (including phenoxy) is 1. The van der Waals surface area contributed by atoms with E-state index in [-0.39, 0.29) is 17.9 Å². The molecular weight excluding hydrogens is 268 g/mol. The Kier molecular flexibility index (Phi) is 3.62. The van der Waals surface area contributed by atoms with Gasteiger partial charge >= 0.3 is 0 Å². The maximum Gasteiger partial charge on any atom is 0.231 e. The van der Waals surface area contributed by atoms with Gasteiger partial charge in [-0.25, -0.2) is 4.68 Å². The number of nitrogens with one attached hydrogen (secondary N) is 1. The van der Waals surface area contributed by atoms with Crippen molar-refractivity contribution in [3.8, 4) is 5.69 Å². The molecule has 0 saturated carbocycles. The first kappa shape index (κ1) is 13.6. The minimum atomic E-state index is -0.102. The van der Waals surface area contributed by atoms with Crippen LogP contribution in [0, 0.1) is 5.92 Å². The molecule has 0 aliphatic carbocycles. The number of aromatic nitrogens is 2. The highest BCUT2D eigenvalue weighted by molar-refractivity contribution is 5.92. The average molecular weight is 286 g/mol. The van der Waals surface area contributed by atoms with Gasteiger partial charge in [0.25, 0.3) is 0 Å². The molecule has 6 heteroatoms. The number of rotatable bonds is 3. The van der Waals surface area contributed by atoms with Gasteiger partial charge in [0.15, 0.2) is 0 Å². The minimum Gasteiger partial charge on any atom is -0.399 e. The monoisotopic (exact) mass is 286 g/mol. The van der Waals surface area contributed by atoms with Crippen LogP contribution in [0.25, 0.3) is 5.69 Å². The first-order valence-electron chi connectivity index (χ1n) is 6.96. The summed E-state index contributed by atoms with van der Waals surface area (Å²) in [4.78, 5) is 12.2. The van der Waals surface area contributed by atoms with Gasteiger partial charge in [0.05, 0.1) is 30.5 Å². The number of nitrogens with zero attached hydrogens (tertiary/aromatic N) is 2. The van der Waals surface area contributed by atoms with E-state index in [0.717, 1.165) is 12.1 Å². The Balaban J connectivity index is 1.76. The fourth-order valence-electron chi connectivity index (χ4n) is 2.45. The van der Waals surface area contributed by atoms with Crippen molar-refractivity contribution in [3.63, 3.8) is 0 Å². The number of nitrogen functional groups attached to an aromatic ring is 1. The molecule has 6 nitrogen and oxygen atoms in total. The summed E-state index contributed by atoms with van der Waals surface area (Å²) in [6, 6.07) is 9.09. The summed E-state index contributed by atoms with van der Waals surface area (Å²) >= 11 is 0. The average Bonchev–Trinajstić information content (AvgIpc) is 3.09. The van der Waals surface area contributed by atoms with Crippen molar-refractivity contribution in [2.75, 3.05) is 17.7 Å². The highest BCUT2D eigenvalue weighted by atomic mass is 16.5. The van der Waals surface area contributed by atoms with E-state index < -0.39 is 0 Å². The van der Waals surface area contributed by atoms with Crippen LogP contribution in [0.3, 0.4) is 0 Å². The number of carbonyl (C=O) groups excluding carboxylic acids is 1. The summed E-state index contributed by atoms with van der Waals surface area (Å²) in [7, 11) is 0. The Bertz CT molecular complexity index is 635. The molecule has 21 heavy (non-hydrogen) atoms. The number of benzene rings is 1. The van der Waals surface area contributed by atoms with Gasteiger partial charge < -0.3 is 15.8 Å². The number of nitrogens with two attached hydrogens (primary N) is 1. The molecule has 1 aliphatic rings. The summed E-state index contributed by atoms with van der Waals surface area (Å²) in [5, 5.41) is 7.16. The Morgan fingerprint density at radius 1 is 1.38 bits per heavy atom. The lowest BCUT2D eigenvalue weighted by Gasteiger charge is -2.11. The molecule has 1 amide bonds. The van der Waals surface area contributed by atoms with Crippen LogP contribution in [0.5, 0.6) is 0 Å². The van der Waals surface area contributed by atoms with Gasteiger partial charge in [-0.3, -0.25) is 4.79 Å². The molecule has 2 atom stereocenters. The lowest BCUT2D eigenvalue weighted by atomic mass is 10.1. The lowest BCUT2D eigenvalue weighted by molar-refractivity contribution is -0.119. The first-order valence-corrected chi connectivity index (χ1v) is 6.96. The maximum atomic E-state index is 12.2. The Hall–Kier alpha value is -2.34. The van der Waals surface area contributed by atoms with Crippen LogP contribution in [0.4, 0.5) is 11.5 Å². The number of carbonyl (C=O) groups is 1. The smallest absolute Gasteiger partial charge is 0.231 e. The SMILES string of the molecule is CC1CC(C(=O)Nc2ccnn2-c2ccc(N)cc2)CO1. The van der Waals surface area contributed by atoms with E-state index in [1.807, 2.05) is 19.1 Å². The second-order valence-electron chi connectivity index (χ2n) is 5.29. The number of amides is 1. The van der Waals surface area contributed by atoms with E-state index in [0.29, 0.717) is 18.1 Å². The molecule has 1 saturated heterocycles. The maximum absolute atomic E-state index is 12.2. The standard InChI is InChI=1S/C15H18N4O2/c1-10-8-11(9-21-10)15(20)18-14-6-7-17-19(14)13-4-2-12(16)3-5-13/h2-7,10-11H,8-9,16H2,1H3,(H,18,20). The van der Waals surface area contributed by atoms with E-state index >= 15 is 0 Å². The molecule has 0 bridgehead atoms. The zero-order chi connectivity index (χ0) is 14.8. The van der Waals surface area contributed by atoms with Crippen molar-refractivity contribution >= 4 is 17.4 Å². The van der Waals surface area contributed by atoms with Crippen LogP contribution in [0.1, 0.15) is 13.3 Å². The van der Waals surface area contributed by atoms with Crippen molar-refractivity contribution in [2.24, 2.45) is 5.92 Å². The molecule has 2 heterocycles. The zero-order valence-electron chi connectivity index (χ0n) is 11.8. The van der Waals surface area contributed by atoms with Crippen LogP contribution in [0.2, 0.25) is 0 Å². The summed E-state index contributed by atoms with van der Waals surface area (Å²) < 4.78 is 7.11. The van der Waals surface area contributed by atoms with Crippen LogP contribution in [-0.4, -0.2) is 28.4 Å². The highest BCUT2D eigenvalue weighted by Crippen LogP contribution is 2.22. The van der Waals surface area contributed by atoms with Crippen molar-refractivity contribution < 1.29 is 9.53 Å². The molecule has 3 N–H and O–H groups in total. The normalized spacial score (nSPS) is 21.4. The van der Waals surface area contributed by atoms with Gasteiger partial charge in [0.2, 0.25) is 5.91 Å². The van der Waals surface area contributed by atoms with E-state index in [2.05, 4.69) is 10.4 Å². The summed E-state index contributed by atoms with van der Waals surface area (Å²) in [6.07, 6.45) is 2.55. The van der Waals surface area contributed by atoms with Crippen LogP contribution >= 0.6 is 0 Å². The number of anilines is 2. The molecule has 1 aromatic carbocycles. The molecule has 2 aromatic rings. The molecule has 110 valence electrons. The second kappa shape index (κ2) is 5.57. The molecule has 1 aromatic heterocycles. The number of hydrogen-bond acceptors (Lipinski definition) is 4. The summed E-state index contributed by atoms with van der Waals surface area (Å²) in [5.74, 6) is 0.510. The van der Waals surface area contributed by atoms with Crippen LogP contribution in [0.15, 0.2) is 36.5 Å². The highest BCUT2D eigenvalue weighted by Gasteiger charge is 2.28. The third-order valence-corrected chi connectivity index (χ3v) is 3.60. The zero-order valence-corrected chi connectivity index (χ0v) is 11.8. The van der Waals surface area contributed by atoms with E-state index in [1.165, 1.54) is 0 Å². The molecule has 3 rings (SSSR count). The topological polar surface area (TPSA) is 82.2 Å². The Morgan fingerprint density at radius 3 is 2.81 bits per heavy atom. The molecule has 1 aliphatic heterocycles. The van der Waals surface area contributed by atoms with E-state index in [1.54, 1.807) is 29.1 Å². The van der Waals surface area contributed by atoms with Crippen molar-refractivity contribution in [1.29, 1.82) is 0 Å². The predicted molar refractivity (Wildman–Crippen MR) is 80.1 cm³/mol. The van der Waals surface area contributed by atoms with Crippen LogP contribution in [-0.2, 0) is 9.53 Å². The molecular formula is C15H18N4O2. The fourth-order valence-corrected chi connectivity index (χ4v) is 2.45. The van der Waals surface area contributed by atoms with Crippen molar-refractivity contribution in [1.82, 2.24) is 9.78 Å². The van der Waals surface area contributed by atoms with Gasteiger partial charge in [0, 0.05) is 11.8 Å². The van der Waals surface area contributed by atoms with Gasteiger partial charge in [0.1, 0.15) is 5.82 Å². The molecule has 2 unspecified atom stereocenters. The van der Waals surface area contributed by atoms with Gasteiger partial charge in [-0.2, -0.15) is 5.10 Å². The third-order valence-electron chi connectivity index (χ3n) is 3.60. The van der Waals surface area contributed by atoms with Gasteiger partial charge in [-0.1, -0.05) is 0 Å². The Morgan fingerprint density at radius 2 is 2.14 bits per heavy atom. The van der Waals surface area contributed by atoms with Crippen LogP contribution < -0.4 is 11.1 Å². The lowest BCUT2D eigenvalue weighted by Crippen LogP contribution is -2.24. The van der Waals surface area contributed by atoms with Gasteiger partial charge in [-0.05, 0) is 37.6 Å². The quantitative estimate of drug-likeness (QED) is 0.843.